The Morgan fingerprint density at radius 2 is 1.86 bits per heavy atom. The molecule has 7 nitrogen and oxygen atoms in total. The summed E-state index contributed by atoms with van der Waals surface area (Å²) >= 11 is 5.86. The first-order valence-corrected chi connectivity index (χ1v) is 10.7. The van der Waals surface area contributed by atoms with Crippen molar-refractivity contribution >= 4 is 23.3 Å². The van der Waals surface area contributed by atoms with E-state index in [4.69, 9.17) is 30.5 Å². The van der Waals surface area contributed by atoms with Gasteiger partial charge >= 0.3 is 6.03 Å². The molecule has 1 aromatic rings. The third kappa shape index (κ3) is 6.30. The van der Waals surface area contributed by atoms with Crippen molar-refractivity contribution in [1.82, 2.24) is 5.32 Å². The lowest BCUT2D eigenvalue weighted by atomic mass is 10.1. The Hall–Kier alpha value is -1.38. The van der Waals surface area contributed by atoms with E-state index in [1.54, 1.807) is 24.3 Å². The zero-order chi connectivity index (χ0) is 20.9. The van der Waals surface area contributed by atoms with Crippen molar-refractivity contribution in [3.63, 3.8) is 0 Å². The fourth-order valence-corrected chi connectivity index (χ4v) is 3.70. The van der Waals surface area contributed by atoms with Crippen LogP contribution in [0.3, 0.4) is 0 Å². The van der Waals surface area contributed by atoms with Crippen LogP contribution < -0.4 is 10.6 Å². The second-order valence-corrected chi connectivity index (χ2v) is 8.32. The Morgan fingerprint density at radius 1 is 1.14 bits per heavy atom. The molecule has 2 aliphatic heterocycles. The lowest BCUT2D eigenvalue weighted by molar-refractivity contribution is -0.232. The Balaban J connectivity index is 1.50. The van der Waals surface area contributed by atoms with Crippen LogP contribution in [0.4, 0.5) is 10.5 Å². The number of carbonyl (C=O) groups excluding carboxylic acids is 1. The fraction of sp³-hybridized carbons (Fsp3) is 0.667. The highest BCUT2D eigenvalue weighted by Gasteiger charge is 2.55. The van der Waals surface area contributed by atoms with Crippen LogP contribution in [0.2, 0.25) is 5.02 Å². The molecule has 29 heavy (non-hydrogen) atoms. The Morgan fingerprint density at radius 3 is 2.59 bits per heavy atom. The maximum absolute atomic E-state index is 12.2. The SMILES string of the molecule is CCCCCCO[C@H]1O[C@@H](CNC(=O)Nc2ccc(Cl)cc2)[C@@H]2OC(C)(C)O[C@H]12. The van der Waals surface area contributed by atoms with E-state index in [9.17, 15) is 4.79 Å². The summed E-state index contributed by atoms with van der Waals surface area (Å²) < 4.78 is 24.0. The molecule has 0 radical (unpaired) electrons. The molecule has 162 valence electrons. The lowest BCUT2D eigenvalue weighted by Gasteiger charge is -2.24. The number of hydrogen-bond donors (Lipinski definition) is 2. The number of urea groups is 1. The molecule has 0 bridgehead atoms. The number of ether oxygens (including phenoxy) is 4. The van der Waals surface area contributed by atoms with Gasteiger partial charge in [-0.25, -0.2) is 4.79 Å². The van der Waals surface area contributed by atoms with E-state index >= 15 is 0 Å². The van der Waals surface area contributed by atoms with Gasteiger partial charge in [0.15, 0.2) is 12.1 Å². The Bertz CT molecular complexity index is 670. The zero-order valence-electron chi connectivity index (χ0n) is 17.3. The van der Waals surface area contributed by atoms with Crippen LogP contribution in [-0.4, -0.2) is 49.6 Å². The molecule has 2 heterocycles. The molecule has 0 aromatic heterocycles. The predicted molar refractivity (Wildman–Crippen MR) is 111 cm³/mol. The van der Waals surface area contributed by atoms with Crippen LogP contribution in [-0.2, 0) is 18.9 Å². The third-order valence-electron chi connectivity index (χ3n) is 4.95. The van der Waals surface area contributed by atoms with E-state index in [0.717, 1.165) is 12.8 Å². The molecule has 2 aliphatic rings. The molecular weight excluding hydrogens is 396 g/mol. The third-order valence-corrected chi connectivity index (χ3v) is 5.21. The minimum Gasteiger partial charge on any atom is -0.350 e. The quantitative estimate of drug-likeness (QED) is 0.575. The summed E-state index contributed by atoms with van der Waals surface area (Å²) in [5.74, 6) is -0.702. The van der Waals surface area contributed by atoms with Crippen LogP contribution in [0.5, 0.6) is 0 Å². The van der Waals surface area contributed by atoms with Gasteiger partial charge in [-0.15, -0.1) is 0 Å². The topological polar surface area (TPSA) is 78.1 Å². The molecule has 0 unspecified atom stereocenters. The molecule has 4 atom stereocenters. The zero-order valence-corrected chi connectivity index (χ0v) is 18.0. The van der Waals surface area contributed by atoms with E-state index in [2.05, 4.69) is 17.6 Å². The number of hydrogen-bond acceptors (Lipinski definition) is 5. The predicted octanol–water partition coefficient (Wildman–Crippen LogP) is 4.30. The summed E-state index contributed by atoms with van der Waals surface area (Å²) in [6, 6.07) is 6.59. The highest BCUT2D eigenvalue weighted by atomic mass is 35.5. The number of benzene rings is 1. The van der Waals surface area contributed by atoms with Crippen LogP contribution in [0.25, 0.3) is 0 Å². The van der Waals surface area contributed by atoms with Gasteiger partial charge in [0.1, 0.15) is 18.3 Å². The maximum Gasteiger partial charge on any atom is 0.319 e. The summed E-state index contributed by atoms with van der Waals surface area (Å²) in [5, 5.41) is 6.21. The van der Waals surface area contributed by atoms with Gasteiger partial charge < -0.3 is 29.6 Å². The first-order valence-electron chi connectivity index (χ1n) is 10.3. The number of anilines is 1. The van der Waals surface area contributed by atoms with Crippen LogP contribution >= 0.6 is 11.6 Å². The van der Waals surface area contributed by atoms with Crippen molar-refractivity contribution in [2.75, 3.05) is 18.5 Å². The monoisotopic (exact) mass is 426 g/mol. The van der Waals surface area contributed by atoms with Crippen molar-refractivity contribution in [3.8, 4) is 0 Å². The fourth-order valence-electron chi connectivity index (χ4n) is 3.57. The van der Waals surface area contributed by atoms with Crippen molar-refractivity contribution in [2.24, 2.45) is 0 Å². The molecule has 8 heteroatoms. The number of carbonyl (C=O) groups is 1. The maximum atomic E-state index is 12.2. The summed E-state index contributed by atoms with van der Waals surface area (Å²) in [6.07, 6.45) is 3.07. The highest BCUT2D eigenvalue weighted by molar-refractivity contribution is 6.30. The van der Waals surface area contributed by atoms with Crippen molar-refractivity contribution in [1.29, 1.82) is 0 Å². The van der Waals surface area contributed by atoms with Gasteiger partial charge in [0.25, 0.3) is 0 Å². The molecule has 3 rings (SSSR count). The minimum atomic E-state index is -0.702. The number of fused-ring (bicyclic) bond motifs is 1. The summed E-state index contributed by atoms with van der Waals surface area (Å²) in [7, 11) is 0. The number of rotatable bonds is 9. The van der Waals surface area contributed by atoms with Gasteiger partial charge in [-0.1, -0.05) is 37.8 Å². The van der Waals surface area contributed by atoms with Gasteiger partial charge in [-0.3, -0.25) is 0 Å². The normalized spacial score (nSPS) is 27.6. The van der Waals surface area contributed by atoms with Crippen molar-refractivity contribution in [3.05, 3.63) is 29.3 Å². The molecular formula is C21H31ClN2O5. The standard InChI is InChI=1S/C21H31ClN2O5/c1-4-5-6-7-12-26-19-18-17(28-21(2,3)29-18)16(27-19)13-23-20(25)24-15-10-8-14(22)9-11-15/h8-11,16-19H,4-7,12-13H2,1-3H3,(H2,23,24,25)/t16-,17-,18-,19-/m0/s1. The molecule has 0 aliphatic carbocycles. The van der Waals surface area contributed by atoms with Gasteiger partial charge in [0.05, 0.1) is 0 Å². The largest absolute Gasteiger partial charge is 0.350 e. The van der Waals surface area contributed by atoms with Gasteiger partial charge in [-0.2, -0.15) is 0 Å². The van der Waals surface area contributed by atoms with Crippen molar-refractivity contribution < 1.29 is 23.7 Å². The van der Waals surface area contributed by atoms with Crippen LogP contribution in [0.1, 0.15) is 46.5 Å². The van der Waals surface area contributed by atoms with Gasteiger partial charge in [0.2, 0.25) is 0 Å². The average molecular weight is 427 g/mol. The number of amides is 2. The molecule has 2 fully saturated rings. The molecule has 1 aromatic carbocycles. The number of halogens is 1. The smallest absolute Gasteiger partial charge is 0.319 e. The highest BCUT2D eigenvalue weighted by Crippen LogP contribution is 2.39. The van der Waals surface area contributed by atoms with Gasteiger partial charge in [0, 0.05) is 23.9 Å². The van der Waals surface area contributed by atoms with E-state index in [-0.39, 0.29) is 30.9 Å². The second kappa shape index (κ2) is 10.1. The Labute approximate surface area is 177 Å². The first-order chi connectivity index (χ1) is 13.9. The molecule has 2 N–H and O–H groups in total. The summed E-state index contributed by atoms with van der Waals surface area (Å²) in [5.41, 5.74) is 0.659. The summed E-state index contributed by atoms with van der Waals surface area (Å²) in [6.45, 7) is 6.84. The molecule has 0 saturated carbocycles. The first kappa shape index (κ1) is 22.3. The van der Waals surface area contributed by atoms with E-state index < -0.39 is 12.1 Å². The number of nitrogens with one attached hydrogen (secondary N) is 2. The molecule has 2 amide bonds. The molecule has 2 saturated heterocycles. The van der Waals surface area contributed by atoms with E-state index in [0.29, 0.717) is 17.3 Å². The lowest BCUT2D eigenvalue weighted by Crippen LogP contribution is -2.41. The average Bonchev–Trinajstić information content (AvgIpc) is 3.15. The van der Waals surface area contributed by atoms with E-state index in [1.165, 1.54) is 12.8 Å². The number of unbranched alkanes of at least 4 members (excludes halogenated alkanes) is 3. The van der Waals surface area contributed by atoms with Crippen molar-refractivity contribution in [2.45, 2.75) is 76.8 Å². The van der Waals surface area contributed by atoms with Gasteiger partial charge in [-0.05, 0) is 44.5 Å². The minimum absolute atomic E-state index is 0.287. The Kier molecular flexibility index (Phi) is 7.76. The van der Waals surface area contributed by atoms with E-state index in [1.807, 2.05) is 13.8 Å². The van der Waals surface area contributed by atoms with Crippen LogP contribution in [0, 0.1) is 0 Å². The van der Waals surface area contributed by atoms with Crippen LogP contribution in [0.15, 0.2) is 24.3 Å². The second-order valence-electron chi connectivity index (χ2n) is 7.88. The molecule has 0 spiro atoms. The summed E-state index contributed by atoms with van der Waals surface area (Å²) in [4.78, 5) is 12.2.